The predicted molar refractivity (Wildman–Crippen MR) is 47.2 cm³/mol. The SMILES string of the molecule is CC(C)c1ccc(OC(F)(F)F)cc1. The summed E-state index contributed by atoms with van der Waals surface area (Å²) in [4.78, 5) is 0. The molecule has 0 saturated heterocycles. The maximum Gasteiger partial charge on any atom is 0.573 e. The second-order valence-corrected chi connectivity index (χ2v) is 3.27. The zero-order valence-electron chi connectivity index (χ0n) is 7.93. The number of halogens is 3. The predicted octanol–water partition coefficient (Wildman–Crippen LogP) is 3.71. The van der Waals surface area contributed by atoms with Crippen LogP contribution in [0.5, 0.6) is 5.75 Å². The number of alkyl halides is 3. The third-order valence-electron chi connectivity index (χ3n) is 1.78. The Balaban J connectivity index is 2.74. The zero-order chi connectivity index (χ0) is 10.8. The van der Waals surface area contributed by atoms with Gasteiger partial charge in [-0.3, -0.25) is 0 Å². The van der Waals surface area contributed by atoms with Gasteiger partial charge in [0.2, 0.25) is 0 Å². The van der Waals surface area contributed by atoms with Crippen molar-refractivity contribution in [1.82, 2.24) is 0 Å². The van der Waals surface area contributed by atoms with Crippen LogP contribution >= 0.6 is 0 Å². The summed E-state index contributed by atoms with van der Waals surface area (Å²) in [5.41, 5.74) is 0.986. The molecule has 0 aliphatic rings. The molecule has 0 fully saturated rings. The highest BCUT2D eigenvalue weighted by atomic mass is 19.4. The Morgan fingerprint density at radius 2 is 1.57 bits per heavy atom. The van der Waals surface area contributed by atoms with E-state index >= 15 is 0 Å². The van der Waals surface area contributed by atoms with Crippen molar-refractivity contribution in [3.8, 4) is 5.75 Å². The van der Waals surface area contributed by atoms with Gasteiger partial charge in [0, 0.05) is 0 Å². The van der Waals surface area contributed by atoms with Crippen molar-refractivity contribution in [3.05, 3.63) is 29.8 Å². The van der Waals surface area contributed by atoms with Gasteiger partial charge in [-0.25, -0.2) is 0 Å². The summed E-state index contributed by atoms with van der Waals surface area (Å²) in [5.74, 6) is 0.122. The van der Waals surface area contributed by atoms with Crippen molar-refractivity contribution in [2.75, 3.05) is 0 Å². The summed E-state index contributed by atoms with van der Waals surface area (Å²) in [7, 11) is 0. The number of rotatable bonds is 2. The molecular weight excluding hydrogens is 193 g/mol. The lowest BCUT2D eigenvalue weighted by molar-refractivity contribution is -0.274. The largest absolute Gasteiger partial charge is 0.573 e. The summed E-state index contributed by atoms with van der Waals surface area (Å²) in [6.07, 6.45) is -4.61. The minimum absolute atomic E-state index is 0.179. The van der Waals surface area contributed by atoms with E-state index < -0.39 is 6.36 Å². The molecule has 0 aliphatic heterocycles. The van der Waals surface area contributed by atoms with Gasteiger partial charge in [0.05, 0.1) is 0 Å². The van der Waals surface area contributed by atoms with Gasteiger partial charge in [0.1, 0.15) is 5.75 Å². The molecule has 0 atom stereocenters. The lowest BCUT2D eigenvalue weighted by Gasteiger charge is -2.10. The van der Waals surface area contributed by atoms with E-state index in [4.69, 9.17) is 0 Å². The molecule has 0 aliphatic carbocycles. The molecular formula is C10H11F3O. The number of hydrogen-bond acceptors (Lipinski definition) is 1. The first-order valence-corrected chi connectivity index (χ1v) is 4.24. The first-order valence-electron chi connectivity index (χ1n) is 4.24. The summed E-state index contributed by atoms with van der Waals surface area (Å²) in [6, 6.07) is 5.91. The molecule has 78 valence electrons. The summed E-state index contributed by atoms with van der Waals surface area (Å²) < 4.78 is 39.1. The molecule has 0 saturated carbocycles. The topological polar surface area (TPSA) is 9.23 Å². The fraction of sp³-hybridized carbons (Fsp3) is 0.400. The van der Waals surface area contributed by atoms with Crippen molar-refractivity contribution in [2.24, 2.45) is 0 Å². The molecule has 0 radical (unpaired) electrons. The summed E-state index contributed by atoms with van der Waals surface area (Å²) in [6.45, 7) is 3.94. The Morgan fingerprint density at radius 3 is 1.93 bits per heavy atom. The number of hydrogen-bond donors (Lipinski definition) is 0. The molecule has 0 unspecified atom stereocenters. The van der Waals surface area contributed by atoms with Gasteiger partial charge in [-0.05, 0) is 23.6 Å². The third-order valence-corrected chi connectivity index (χ3v) is 1.78. The molecule has 0 spiro atoms. The van der Waals surface area contributed by atoms with E-state index in [9.17, 15) is 13.2 Å². The van der Waals surface area contributed by atoms with Crippen LogP contribution in [0, 0.1) is 0 Å². The second kappa shape index (κ2) is 3.90. The molecule has 1 rings (SSSR count). The van der Waals surface area contributed by atoms with E-state index in [-0.39, 0.29) is 5.75 Å². The van der Waals surface area contributed by atoms with Gasteiger partial charge >= 0.3 is 6.36 Å². The van der Waals surface area contributed by atoms with Crippen LogP contribution in [0.4, 0.5) is 13.2 Å². The van der Waals surface area contributed by atoms with Gasteiger partial charge in [0.15, 0.2) is 0 Å². The van der Waals surface area contributed by atoms with E-state index in [2.05, 4.69) is 4.74 Å². The molecule has 0 aromatic heterocycles. The van der Waals surface area contributed by atoms with Crippen LogP contribution in [-0.4, -0.2) is 6.36 Å². The molecule has 1 aromatic carbocycles. The van der Waals surface area contributed by atoms with E-state index in [0.717, 1.165) is 5.56 Å². The van der Waals surface area contributed by atoms with E-state index in [1.165, 1.54) is 12.1 Å². The van der Waals surface area contributed by atoms with E-state index in [1.54, 1.807) is 12.1 Å². The van der Waals surface area contributed by atoms with Crippen molar-refractivity contribution >= 4 is 0 Å². The van der Waals surface area contributed by atoms with Gasteiger partial charge < -0.3 is 4.74 Å². The van der Waals surface area contributed by atoms with Crippen LogP contribution in [-0.2, 0) is 0 Å². The van der Waals surface area contributed by atoms with E-state index in [0.29, 0.717) is 5.92 Å². The average molecular weight is 204 g/mol. The first kappa shape index (κ1) is 10.9. The molecule has 0 amide bonds. The molecule has 1 nitrogen and oxygen atoms in total. The normalized spacial score (nSPS) is 11.9. The monoisotopic (exact) mass is 204 g/mol. The Morgan fingerprint density at radius 1 is 1.07 bits per heavy atom. The minimum atomic E-state index is -4.61. The Labute approximate surface area is 80.5 Å². The average Bonchev–Trinajstić information content (AvgIpc) is 2.02. The van der Waals surface area contributed by atoms with Crippen LogP contribution in [0.3, 0.4) is 0 Å². The van der Waals surface area contributed by atoms with Gasteiger partial charge in [-0.2, -0.15) is 0 Å². The highest BCUT2D eigenvalue weighted by molar-refractivity contribution is 5.28. The number of ether oxygens (including phenoxy) is 1. The Kier molecular flexibility index (Phi) is 3.03. The zero-order valence-corrected chi connectivity index (χ0v) is 7.93. The molecule has 4 heteroatoms. The molecule has 0 N–H and O–H groups in total. The smallest absolute Gasteiger partial charge is 0.406 e. The molecule has 1 aromatic rings. The lowest BCUT2D eigenvalue weighted by atomic mass is 10.0. The second-order valence-electron chi connectivity index (χ2n) is 3.27. The van der Waals surface area contributed by atoms with Crippen molar-refractivity contribution in [3.63, 3.8) is 0 Å². The van der Waals surface area contributed by atoms with Crippen LogP contribution < -0.4 is 4.74 Å². The van der Waals surface area contributed by atoms with Crippen molar-refractivity contribution in [2.45, 2.75) is 26.1 Å². The first-order chi connectivity index (χ1) is 6.38. The summed E-state index contributed by atoms with van der Waals surface area (Å²) >= 11 is 0. The van der Waals surface area contributed by atoms with E-state index in [1.807, 2.05) is 13.8 Å². The van der Waals surface area contributed by atoms with Crippen molar-refractivity contribution in [1.29, 1.82) is 0 Å². The fourth-order valence-electron chi connectivity index (χ4n) is 1.05. The van der Waals surface area contributed by atoms with Gasteiger partial charge in [-0.15, -0.1) is 13.2 Å². The molecule has 0 heterocycles. The molecule has 0 bridgehead atoms. The van der Waals surface area contributed by atoms with Crippen LogP contribution in [0.1, 0.15) is 25.3 Å². The molecule has 14 heavy (non-hydrogen) atoms. The maximum atomic E-state index is 11.8. The van der Waals surface area contributed by atoms with Crippen LogP contribution in [0.15, 0.2) is 24.3 Å². The Bertz CT molecular complexity index is 287. The number of benzene rings is 1. The van der Waals surface area contributed by atoms with Gasteiger partial charge in [-0.1, -0.05) is 26.0 Å². The quantitative estimate of drug-likeness (QED) is 0.713. The Hall–Kier alpha value is -1.19. The standard InChI is InChI=1S/C10H11F3O/c1-7(2)8-3-5-9(6-4-8)14-10(11,12)13/h3-7H,1-2H3. The third kappa shape index (κ3) is 3.28. The summed E-state index contributed by atoms with van der Waals surface area (Å²) in [5, 5.41) is 0. The van der Waals surface area contributed by atoms with Gasteiger partial charge in [0.25, 0.3) is 0 Å². The van der Waals surface area contributed by atoms with Crippen LogP contribution in [0.25, 0.3) is 0 Å². The van der Waals surface area contributed by atoms with Crippen LogP contribution in [0.2, 0.25) is 0 Å². The highest BCUT2D eigenvalue weighted by Gasteiger charge is 2.30. The lowest BCUT2D eigenvalue weighted by Crippen LogP contribution is -2.17. The fourth-order valence-corrected chi connectivity index (χ4v) is 1.05. The van der Waals surface area contributed by atoms with Crippen molar-refractivity contribution < 1.29 is 17.9 Å². The highest BCUT2D eigenvalue weighted by Crippen LogP contribution is 2.24. The minimum Gasteiger partial charge on any atom is -0.406 e. The maximum absolute atomic E-state index is 11.8.